The van der Waals surface area contributed by atoms with E-state index in [1.807, 2.05) is 0 Å². The van der Waals surface area contributed by atoms with Crippen molar-refractivity contribution in [2.75, 3.05) is 0 Å². The molecule has 0 amide bonds. The highest BCUT2D eigenvalue weighted by atomic mass is 17.1. The molecule has 6 heteroatoms. The first-order valence-corrected chi connectivity index (χ1v) is 2.39. The molecule has 0 heterocycles. The Kier molecular flexibility index (Phi) is 4.17. The van der Waals surface area contributed by atoms with Crippen LogP contribution in [0.2, 0.25) is 0 Å². The molecule has 0 unspecified atom stereocenters. The van der Waals surface area contributed by atoms with Crippen LogP contribution in [0.5, 0.6) is 0 Å². The lowest BCUT2D eigenvalue weighted by Gasteiger charge is -1.93. The van der Waals surface area contributed by atoms with Crippen molar-refractivity contribution in [3.8, 4) is 0 Å². The second-order valence-corrected chi connectivity index (χ2v) is 1.43. The SMILES string of the molecule is O=C(CCC(=O)OO)OO. The van der Waals surface area contributed by atoms with Crippen molar-refractivity contribution >= 4 is 11.9 Å². The van der Waals surface area contributed by atoms with Gasteiger partial charge in [-0.3, -0.25) is 0 Å². The molecule has 0 radical (unpaired) electrons. The van der Waals surface area contributed by atoms with E-state index in [1.54, 1.807) is 0 Å². The van der Waals surface area contributed by atoms with E-state index in [0.717, 1.165) is 0 Å². The lowest BCUT2D eigenvalue weighted by atomic mass is 10.3. The van der Waals surface area contributed by atoms with Gasteiger partial charge in [0.2, 0.25) is 0 Å². The van der Waals surface area contributed by atoms with Gasteiger partial charge in [-0.25, -0.2) is 9.59 Å². The van der Waals surface area contributed by atoms with E-state index >= 15 is 0 Å². The number of hydrogen-bond acceptors (Lipinski definition) is 6. The molecule has 0 aromatic carbocycles. The summed E-state index contributed by atoms with van der Waals surface area (Å²) in [6, 6.07) is 0. The molecule has 0 aliphatic carbocycles. The van der Waals surface area contributed by atoms with Crippen molar-refractivity contribution in [3.05, 3.63) is 0 Å². The average Bonchev–Trinajstić information content (AvgIpc) is 1.99. The average molecular weight is 150 g/mol. The number of carbonyl (C=O) groups excluding carboxylic acids is 2. The van der Waals surface area contributed by atoms with Crippen LogP contribution in [0.4, 0.5) is 0 Å². The van der Waals surface area contributed by atoms with Crippen molar-refractivity contribution in [1.82, 2.24) is 0 Å². The van der Waals surface area contributed by atoms with Crippen LogP contribution in [-0.2, 0) is 19.4 Å². The number of rotatable bonds is 3. The van der Waals surface area contributed by atoms with E-state index in [2.05, 4.69) is 9.78 Å². The summed E-state index contributed by atoms with van der Waals surface area (Å²) in [6.07, 6.45) is -0.647. The zero-order valence-corrected chi connectivity index (χ0v) is 4.94. The predicted octanol–water partition coefficient (Wildman–Crippen LogP) is -0.201. The summed E-state index contributed by atoms with van der Waals surface area (Å²) in [6.45, 7) is 0. The van der Waals surface area contributed by atoms with E-state index in [0.29, 0.717) is 0 Å². The third-order valence-corrected chi connectivity index (χ3v) is 0.737. The second-order valence-electron chi connectivity index (χ2n) is 1.43. The highest BCUT2D eigenvalue weighted by Crippen LogP contribution is 1.92. The van der Waals surface area contributed by atoms with E-state index in [1.165, 1.54) is 0 Å². The molecule has 0 aromatic heterocycles. The zero-order chi connectivity index (χ0) is 7.98. The minimum Gasteiger partial charge on any atom is -0.301 e. The van der Waals surface area contributed by atoms with Crippen LogP contribution < -0.4 is 0 Å². The van der Waals surface area contributed by atoms with Crippen LogP contribution in [0.1, 0.15) is 12.8 Å². The summed E-state index contributed by atoms with van der Waals surface area (Å²) in [5.41, 5.74) is 0. The minimum atomic E-state index is -0.953. The van der Waals surface area contributed by atoms with Crippen LogP contribution in [0.15, 0.2) is 0 Å². The predicted molar refractivity (Wildman–Crippen MR) is 26.7 cm³/mol. The Morgan fingerprint density at radius 3 is 1.50 bits per heavy atom. The van der Waals surface area contributed by atoms with Gasteiger partial charge in [-0.2, -0.15) is 10.5 Å². The van der Waals surface area contributed by atoms with Gasteiger partial charge >= 0.3 is 11.9 Å². The maximum Gasteiger partial charge on any atom is 0.342 e. The molecule has 2 N–H and O–H groups in total. The standard InChI is InChI=1S/C4H6O6/c5-3(9-7)1-2-4(6)10-8/h7-8H,1-2H2. The molecule has 0 rings (SSSR count). The Labute approximate surface area is 55.8 Å². The van der Waals surface area contributed by atoms with Gasteiger partial charge in [-0.1, -0.05) is 0 Å². The normalized spacial score (nSPS) is 8.60. The molecule has 0 aliphatic heterocycles. The van der Waals surface area contributed by atoms with Crippen molar-refractivity contribution < 1.29 is 29.9 Å². The van der Waals surface area contributed by atoms with Crippen LogP contribution in [0, 0.1) is 0 Å². The Balaban J connectivity index is 3.35. The van der Waals surface area contributed by atoms with Gasteiger partial charge in [0, 0.05) is 0 Å². The smallest absolute Gasteiger partial charge is 0.301 e. The van der Waals surface area contributed by atoms with Crippen molar-refractivity contribution in [2.24, 2.45) is 0 Å². The summed E-state index contributed by atoms with van der Waals surface area (Å²) >= 11 is 0. The van der Waals surface area contributed by atoms with E-state index in [-0.39, 0.29) is 12.8 Å². The molecular formula is C4H6O6. The molecule has 0 atom stereocenters. The molecule has 10 heavy (non-hydrogen) atoms. The fourth-order valence-corrected chi connectivity index (χ4v) is 0.295. The summed E-state index contributed by atoms with van der Waals surface area (Å²) in [4.78, 5) is 26.6. The first-order chi connectivity index (χ1) is 4.70. The Hall–Kier alpha value is -1.14. The molecule has 58 valence electrons. The third kappa shape index (κ3) is 3.81. The van der Waals surface area contributed by atoms with Gasteiger partial charge in [-0.05, 0) is 0 Å². The molecule has 0 fully saturated rings. The van der Waals surface area contributed by atoms with Crippen molar-refractivity contribution in [1.29, 1.82) is 0 Å². The van der Waals surface area contributed by atoms with Gasteiger partial charge < -0.3 is 9.78 Å². The summed E-state index contributed by atoms with van der Waals surface area (Å²) < 4.78 is 0. The highest BCUT2D eigenvalue weighted by molar-refractivity contribution is 5.76. The molecular weight excluding hydrogens is 144 g/mol. The van der Waals surface area contributed by atoms with Crippen molar-refractivity contribution in [3.63, 3.8) is 0 Å². The Bertz CT molecular complexity index is 114. The fourth-order valence-electron chi connectivity index (χ4n) is 0.295. The van der Waals surface area contributed by atoms with Crippen molar-refractivity contribution in [2.45, 2.75) is 12.8 Å². The van der Waals surface area contributed by atoms with Crippen LogP contribution in [0.3, 0.4) is 0 Å². The monoisotopic (exact) mass is 150 g/mol. The topological polar surface area (TPSA) is 93.1 Å². The zero-order valence-electron chi connectivity index (χ0n) is 4.94. The quantitative estimate of drug-likeness (QED) is 0.427. The largest absolute Gasteiger partial charge is 0.342 e. The first kappa shape index (κ1) is 8.86. The minimum absolute atomic E-state index is 0.324. The van der Waals surface area contributed by atoms with Crippen LogP contribution in [-0.4, -0.2) is 22.5 Å². The van der Waals surface area contributed by atoms with Gasteiger partial charge in [0.15, 0.2) is 0 Å². The molecule has 0 spiro atoms. The lowest BCUT2D eigenvalue weighted by Crippen LogP contribution is -2.06. The number of hydrogen-bond donors (Lipinski definition) is 2. The summed E-state index contributed by atoms with van der Waals surface area (Å²) in [5.74, 6) is -1.91. The molecule has 0 saturated heterocycles. The maximum absolute atomic E-state index is 10.1. The first-order valence-electron chi connectivity index (χ1n) is 2.39. The van der Waals surface area contributed by atoms with Crippen LogP contribution in [0.25, 0.3) is 0 Å². The van der Waals surface area contributed by atoms with Crippen LogP contribution >= 0.6 is 0 Å². The molecule has 0 bridgehead atoms. The Morgan fingerprint density at radius 2 is 1.30 bits per heavy atom. The summed E-state index contributed by atoms with van der Waals surface area (Å²) in [5, 5.41) is 15.3. The molecule has 6 nitrogen and oxygen atoms in total. The summed E-state index contributed by atoms with van der Waals surface area (Å²) in [7, 11) is 0. The van der Waals surface area contributed by atoms with Gasteiger partial charge in [-0.15, -0.1) is 0 Å². The second kappa shape index (κ2) is 4.71. The van der Waals surface area contributed by atoms with E-state index in [4.69, 9.17) is 10.5 Å². The molecule has 0 saturated carbocycles. The highest BCUT2D eigenvalue weighted by Gasteiger charge is 2.07. The number of carbonyl (C=O) groups is 2. The molecule has 0 aliphatic rings. The van der Waals surface area contributed by atoms with Gasteiger partial charge in [0.05, 0.1) is 12.8 Å². The van der Waals surface area contributed by atoms with E-state index in [9.17, 15) is 9.59 Å². The van der Waals surface area contributed by atoms with E-state index < -0.39 is 11.9 Å². The van der Waals surface area contributed by atoms with Gasteiger partial charge in [0.25, 0.3) is 0 Å². The fraction of sp³-hybridized carbons (Fsp3) is 0.500. The molecule has 0 aromatic rings. The van der Waals surface area contributed by atoms with Gasteiger partial charge in [0.1, 0.15) is 0 Å². The third-order valence-electron chi connectivity index (χ3n) is 0.737. The maximum atomic E-state index is 10.1. The Morgan fingerprint density at radius 1 is 1.00 bits per heavy atom. The lowest BCUT2D eigenvalue weighted by molar-refractivity contribution is -0.240.